The highest BCUT2D eigenvalue weighted by Gasteiger charge is 2.15. The van der Waals surface area contributed by atoms with Crippen LogP contribution < -0.4 is 0 Å². The normalized spacial score (nSPS) is 10.4. The largest absolute Gasteiger partial charge is 0.465 e. The molecule has 1 heterocycles. The minimum Gasteiger partial charge on any atom is -0.465 e. The Morgan fingerprint density at radius 2 is 2.15 bits per heavy atom. The summed E-state index contributed by atoms with van der Waals surface area (Å²) in [6.45, 7) is 1.49. The number of carbonyl (C=O) groups is 1. The fourth-order valence-corrected chi connectivity index (χ4v) is 1.31. The van der Waals surface area contributed by atoms with Gasteiger partial charge in [0.2, 0.25) is 15.8 Å². The molecule has 0 aliphatic rings. The number of hydrogen-bond donors (Lipinski definition) is 1. The van der Waals surface area contributed by atoms with Gasteiger partial charge in [-0.3, -0.25) is 0 Å². The summed E-state index contributed by atoms with van der Waals surface area (Å²) >= 11 is 0. The number of aryl methyl sites for hydroxylation is 1. The number of furan rings is 1. The molecule has 0 amide bonds. The van der Waals surface area contributed by atoms with Crippen LogP contribution in [0, 0.1) is 6.92 Å². The molecule has 6 heteroatoms. The first-order valence-electron chi connectivity index (χ1n) is 3.39. The molecular weight excluding hydrogens is 196 g/mol. The quantitative estimate of drug-likeness (QED) is 0.555. The fraction of sp³-hybridized carbons (Fsp3) is 0.286. The molecule has 0 N–H and O–H groups in total. The van der Waals surface area contributed by atoms with Crippen molar-refractivity contribution in [2.24, 2.45) is 0 Å². The lowest BCUT2D eigenvalue weighted by atomic mass is 10.3. The predicted molar refractivity (Wildman–Crippen MR) is 43.4 cm³/mol. The summed E-state index contributed by atoms with van der Waals surface area (Å²) in [5, 5.41) is -0.229. The Hall–Kier alpha value is -1.30. The van der Waals surface area contributed by atoms with E-state index in [1.165, 1.54) is 14.0 Å². The first kappa shape index (κ1) is 9.79. The Balaban J connectivity index is 3.17. The highest BCUT2D eigenvalue weighted by Crippen LogP contribution is 2.16. The van der Waals surface area contributed by atoms with Crippen LogP contribution in [0.15, 0.2) is 15.6 Å². The average molecular weight is 204 g/mol. The van der Waals surface area contributed by atoms with Gasteiger partial charge in [-0.2, -0.15) is 0 Å². The van der Waals surface area contributed by atoms with Gasteiger partial charge in [0.1, 0.15) is 11.3 Å². The van der Waals surface area contributed by atoms with Crippen molar-refractivity contribution in [1.82, 2.24) is 0 Å². The number of methoxy groups -OCH3 is 1. The van der Waals surface area contributed by atoms with Crippen molar-refractivity contribution in [3.8, 4) is 0 Å². The lowest BCUT2D eigenvalue weighted by molar-refractivity contribution is 0.0599. The monoisotopic (exact) mass is 204 g/mol. The van der Waals surface area contributed by atoms with Crippen LogP contribution in [0.1, 0.15) is 16.1 Å². The maximum atomic E-state index is 11.0. The molecule has 0 bridgehead atoms. The predicted octanol–water partition coefficient (Wildman–Crippen LogP) is 0.345. The number of hydrogen-bond acceptors (Lipinski definition) is 5. The van der Waals surface area contributed by atoms with E-state index in [-0.39, 0.29) is 16.4 Å². The fourth-order valence-electron chi connectivity index (χ4n) is 0.869. The molecule has 0 fully saturated rings. The summed E-state index contributed by atoms with van der Waals surface area (Å²) in [6, 6.07) is 1.15. The Kier molecular flexibility index (Phi) is 2.72. The van der Waals surface area contributed by atoms with Gasteiger partial charge < -0.3 is 9.15 Å². The van der Waals surface area contributed by atoms with Crippen LogP contribution in [0.5, 0.6) is 0 Å². The van der Waals surface area contributed by atoms with E-state index in [4.69, 9.17) is 4.42 Å². The van der Waals surface area contributed by atoms with E-state index in [9.17, 15) is 13.2 Å². The Morgan fingerprint density at radius 3 is 2.54 bits per heavy atom. The SMILES string of the molecule is COC(=O)c1cc([SH](=O)=O)oc1C. The van der Waals surface area contributed by atoms with Crippen molar-refractivity contribution in [1.29, 1.82) is 0 Å². The van der Waals surface area contributed by atoms with Gasteiger partial charge in [0.05, 0.1) is 7.11 Å². The van der Waals surface area contributed by atoms with Crippen molar-refractivity contribution >= 4 is 16.7 Å². The van der Waals surface area contributed by atoms with Gasteiger partial charge in [0, 0.05) is 6.07 Å². The Bertz CT molecular complexity index is 393. The summed E-state index contributed by atoms with van der Waals surface area (Å²) in [4.78, 5) is 11.0. The van der Waals surface area contributed by atoms with Crippen LogP contribution in [0.25, 0.3) is 0 Å². The highest BCUT2D eigenvalue weighted by atomic mass is 32.2. The molecule has 0 saturated heterocycles. The zero-order valence-corrected chi connectivity index (χ0v) is 7.96. The third-order valence-electron chi connectivity index (χ3n) is 1.49. The second-order valence-electron chi connectivity index (χ2n) is 2.30. The Labute approximate surface area is 76.3 Å². The zero-order valence-electron chi connectivity index (χ0n) is 7.07. The molecule has 72 valence electrons. The minimum atomic E-state index is -2.80. The van der Waals surface area contributed by atoms with Crippen molar-refractivity contribution in [3.05, 3.63) is 17.4 Å². The number of esters is 1. The molecule has 13 heavy (non-hydrogen) atoms. The number of ether oxygens (including phenoxy) is 1. The van der Waals surface area contributed by atoms with Crippen LogP contribution in [-0.4, -0.2) is 21.5 Å². The molecule has 0 aliphatic heterocycles. The molecule has 0 spiro atoms. The lowest BCUT2D eigenvalue weighted by Gasteiger charge is -1.93. The van der Waals surface area contributed by atoms with Gasteiger partial charge in [0.25, 0.3) is 0 Å². The second kappa shape index (κ2) is 3.61. The lowest BCUT2D eigenvalue weighted by Crippen LogP contribution is -2.00. The van der Waals surface area contributed by atoms with Crippen LogP contribution in [-0.2, 0) is 15.4 Å². The van der Waals surface area contributed by atoms with Gasteiger partial charge in [-0.05, 0) is 6.92 Å². The average Bonchev–Trinajstić information content (AvgIpc) is 2.46. The smallest absolute Gasteiger partial charge is 0.341 e. The maximum Gasteiger partial charge on any atom is 0.341 e. The van der Waals surface area contributed by atoms with Gasteiger partial charge >= 0.3 is 5.97 Å². The summed E-state index contributed by atoms with van der Waals surface area (Å²) in [6.07, 6.45) is 0. The molecule has 0 atom stereocenters. The molecule has 0 saturated carbocycles. The standard InChI is InChI=1S/C7H8O5S/c1-4-5(7(8)11-2)3-6(12-4)13(9)10/h3,13H,1-2H3. The van der Waals surface area contributed by atoms with Gasteiger partial charge in [-0.1, -0.05) is 0 Å². The first-order valence-corrected chi connectivity index (χ1v) is 4.57. The van der Waals surface area contributed by atoms with Crippen molar-refractivity contribution in [3.63, 3.8) is 0 Å². The molecule has 0 aliphatic carbocycles. The van der Waals surface area contributed by atoms with Crippen LogP contribution in [0.3, 0.4) is 0 Å². The summed E-state index contributed by atoms with van der Waals surface area (Å²) in [7, 11) is -1.58. The molecule has 5 nitrogen and oxygen atoms in total. The van der Waals surface area contributed by atoms with E-state index in [0.29, 0.717) is 0 Å². The van der Waals surface area contributed by atoms with E-state index in [2.05, 4.69) is 4.74 Å². The van der Waals surface area contributed by atoms with Crippen LogP contribution in [0.2, 0.25) is 0 Å². The first-order chi connectivity index (χ1) is 6.06. The van der Waals surface area contributed by atoms with Crippen LogP contribution in [0.4, 0.5) is 0 Å². The number of carbonyl (C=O) groups excluding carboxylic acids is 1. The van der Waals surface area contributed by atoms with Crippen molar-refractivity contribution in [2.45, 2.75) is 12.0 Å². The maximum absolute atomic E-state index is 11.0. The molecule has 1 aromatic heterocycles. The van der Waals surface area contributed by atoms with Gasteiger partial charge in [-0.15, -0.1) is 0 Å². The van der Waals surface area contributed by atoms with Crippen LogP contribution >= 0.6 is 0 Å². The van der Waals surface area contributed by atoms with Crippen molar-refractivity contribution in [2.75, 3.05) is 7.11 Å². The van der Waals surface area contributed by atoms with Gasteiger partial charge in [0.15, 0.2) is 0 Å². The third kappa shape index (κ3) is 1.89. The zero-order chi connectivity index (χ0) is 10.0. The van der Waals surface area contributed by atoms with E-state index in [1.54, 1.807) is 0 Å². The van der Waals surface area contributed by atoms with Crippen molar-refractivity contribution < 1.29 is 22.4 Å². The number of rotatable bonds is 2. The molecular formula is C7H8O5S. The topological polar surface area (TPSA) is 73.6 Å². The van der Waals surface area contributed by atoms with E-state index < -0.39 is 16.7 Å². The Morgan fingerprint density at radius 1 is 1.54 bits per heavy atom. The third-order valence-corrected chi connectivity index (χ3v) is 2.07. The second-order valence-corrected chi connectivity index (χ2v) is 3.26. The van der Waals surface area contributed by atoms with E-state index in [0.717, 1.165) is 6.07 Å². The highest BCUT2D eigenvalue weighted by molar-refractivity contribution is 7.72. The number of thiol groups is 1. The summed E-state index contributed by atoms with van der Waals surface area (Å²) in [5.74, 6) is -0.370. The van der Waals surface area contributed by atoms with E-state index in [1.807, 2.05) is 0 Å². The molecule has 0 radical (unpaired) electrons. The summed E-state index contributed by atoms with van der Waals surface area (Å²) < 4.78 is 30.2. The molecule has 0 unspecified atom stereocenters. The molecule has 1 rings (SSSR count). The summed E-state index contributed by atoms with van der Waals surface area (Å²) in [5.41, 5.74) is 0.136. The molecule has 1 aromatic rings. The minimum absolute atomic E-state index is 0.136. The van der Waals surface area contributed by atoms with Gasteiger partial charge in [-0.25, -0.2) is 13.2 Å². The van der Waals surface area contributed by atoms with E-state index >= 15 is 0 Å². The molecule has 0 aromatic carbocycles.